The van der Waals surface area contributed by atoms with Gasteiger partial charge in [-0.15, -0.1) is 0 Å². The van der Waals surface area contributed by atoms with E-state index in [0.29, 0.717) is 34.5 Å². The van der Waals surface area contributed by atoms with Crippen molar-refractivity contribution in [3.63, 3.8) is 0 Å². The topological polar surface area (TPSA) is 82.8 Å². The van der Waals surface area contributed by atoms with E-state index in [2.05, 4.69) is 26.0 Å². The van der Waals surface area contributed by atoms with Gasteiger partial charge in [-0.1, -0.05) is 53.2 Å². The number of nitrogens with zero attached hydrogens (tertiary/aromatic N) is 3. The summed E-state index contributed by atoms with van der Waals surface area (Å²) in [4.78, 5) is 29.6. The number of halogens is 1. The van der Waals surface area contributed by atoms with Crippen molar-refractivity contribution in [3.05, 3.63) is 80.8 Å². The summed E-state index contributed by atoms with van der Waals surface area (Å²) in [5.41, 5.74) is 1.01. The second kappa shape index (κ2) is 9.95. The molecule has 0 saturated carbocycles. The molecule has 0 aliphatic rings. The number of aryl methyl sites for hydroxylation is 1. The van der Waals surface area contributed by atoms with Gasteiger partial charge in [0.25, 0.3) is 5.56 Å². The number of rotatable bonds is 7. The lowest BCUT2D eigenvalue weighted by Gasteiger charge is -2.12. The number of fused-ring (bicyclic) bond motifs is 2. The summed E-state index contributed by atoms with van der Waals surface area (Å²) in [6, 6.07) is 16.8. The summed E-state index contributed by atoms with van der Waals surface area (Å²) < 4.78 is 12.8. The third-order valence-corrected chi connectivity index (χ3v) is 5.57. The van der Waals surface area contributed by atoms with Crippen molar-refractivity contribution in [2.45, 2.75) is 20.3 Å². The lowest BCUT2D eigenvalue weighted by molar-refractivity contribution is -0.145. The van der Waals surface area contributed by atoms with Crippen LogP contribution >= 0.6 is 15.9 Å². The Bertz CT molecular complexity index is 1430. The fourth-order valence-electron chi connectivity index (χ4n) is 3.53. The normalized spacial score (nSPS) is 11.4. The molecule has 168 valence electrons. The van der Waals surface area contributed by atoms with Crippen molar-refractivity contribution >= 4 is 49.8 Å². The molecule has 0 fully saturated rings. The number of hydrogen-bond donors (Lipinski definition) is 0. The summed E-state index contributed by atoms with van der Waals surface area (Å²) >= 11 is 3.41. The van der Waals surface area contributed by atoms with Gasteiger partial charge in [-0.2, -0.15) is 9.78 Å². The minimum atomic E-state index is -0.456. The highest BCUT2D eigenvalue weighted by atomic mass is 79.9. The van der Waals surface area contributed by atoms with Gasteiger partial charge >= 0.3 is 5.97 Å². The monoisotopic (exact) mass is 507 g/mol. The molecule has 1 aromatic heterocycles. The minimum absolute atomic E-state index is 0.223. The maximum atomic E-state index is 13.2. The van der Waals surface area contributed by atoms with E-state index in [4.69, 9.17) is 9.47 Å². The molecule has 1 heterocycles. The lowest BCUT2D eigenvalue weighted by atomic mass is 10.0. The van der Waals surface area contributed by atoms with E-state index in [1.54, 1.807) is 31.3 Å². The minimum Gasteiger partial charge on any atom is -0.481 e. The van der Waals surface area contributed by atoms with Crippen molar-refractivity contribution in [2.75, 3.05) is 13.2 Å². The Balaban J connectivity index is 1.83. The van der Waals surface area contributed by atoms with Gasteiger partial charge in [0, 0.05) is 16.5 Å². The van der Waals surface area contributed by atoms with Crippen LogP contribution in [-0.4, -0.2) is 35.1 Å². The number of carbonyl (C=O) groups is 1. The molecule has 0 bridgehead atoms. The highest BCUT2D eigenvalue weighted by Crippen LogP contribution is 2.27. The summed E-state index contributed by atoms with van der Waals surface area (Å²) in [6.07, 6.45) is 2.11. The maximum absolute atomic E-state index is 13.2. The molecule has 0 atom stereocenters. The lowest BCUT2D eigenvalue weighted by Crippen LogP contribution is -2.22. The second-order valence-corrected chi connectivity index (χ2v) is 8.11. The van der Waals surface area contributed by atoms with Crippen LogP contribution in [0, 0.1) is 0 Å². The molecule has 0 unspecified atom stereocenters. The van der Waals surface area contributed by atoms with Crippen LogP contribution < -0.4 is 10.3 Å². The van der Waals surface area contributed by atoms with Gasteiger partial charge < -0.3 is 9.47 Å². The van der Waals surface area contributed by atoms with E-state index in [1.165, 1.54) is 4.68 Å². The Labute approximate surface area is 198 Å². The summed E-state index contributed by atoms with van der Waals surface area (Å²) in [6.45, 7) is 3.72. The number of ether oxygens (including phenoxy) is 2. The number of esters is 1. The Hall–Kier alpha value is -3.52. The van der Waals surface area contributed by atoms with Crippen LogP contribution in [0.4, 0.5) is 0 Å². The Kier molecular flexibility index (Phi) is 6.84. The first-order valence-electron chi connectivity index (χ1n) is 10.6. The van der Waals surface area contributed by atoms with Crippen LogP contribution in [-0.2, 0) is 16.0 Å². The highest BCUT2D eigenvalue weighted by Gasteiger charge is 2.13. The Morgan fingerprint density at radius 2 is 1.94 bits per heavy atom. The fourth-order valence-corrected chi connectivity index (χ4v) is 3.89. The smallest absolute Gasteiger partial charge is 0.344 e. The highest BCUT2D eigenvalue weighted by molar-refractivity contribution is 9.10. The summed E-state index contributed by atoms with van der Waals surface area (Å²) in [5, 5.41) is 6.83. The molecule has 3 aromatic carbocycles. The van der Waals surface area contributed by atoms with Crippen LogP contribution in [0.2, 0.25) is 0 Å². The zero-order valence-corrected chi connectivity index (χ0v) is 19.8. The molecule has 4 aromatic rings. The van der Waals surface area contributed by atoms with Gasteiger partial charge in [0.1, 0.15) is 11.6 Å². The fraction of sp³-hybridized carbons (Fsp3) is 0.200. The van der Waals surface area contributed by atoms with Crippen LogP contribution in [0.15, 0.2) is 69.0 Å². The molecule has 7 nitrogen and oxygen atoms in total. The number of carbonyl (C=O) groups excluding carboxylic acids is 1. The van der Waals surface area contributed by atoms with Crippen LogP contribution in [0.25, 0.3) is 21.7 Å². The first-order valence-corrected chi connectivity index (χ1v) is 11.4. The van der Waals surface area contributed by atoms with E-state index in [-0.39, 0.29) is 18.8 Å². The molecule has 0 spiro atoms. The number of benzene rings is 3. The molecule has 0 radical (unpaired) electrons. The van der Waals surface area contributed by atoms with Crippen LogP contribution in [0.3, 0.4) is 0 Å². The van der Waals surface area contributed by atoms with E-state index in [9.17, 15) is 9.59 Å². The zero-order valence-electron chi connectivity index (χ0n) is 18.2. The first kappa shape index (κ1) is 22.7. The summed E-state index contributed by atoms with van der Waals surface area (Å²) in [7, 11) is 0. The van der Waals surface area contributed by atoms with Gasteiger partial charge in [-0.05, 0) is 42.0 Å². The van der Waals surface area contributed by atoms with Crippen molar-refractivity contribution in [1.29, 1.82) is 0 Å². The Morgan fingerprint density at radius 1 is 1.12 bits per heavy atom. The molecule has 0 aliphatic heterocycles. The molecule has 0 aliphatic carbocycles. The van der Waals surface area contributed by atoms with Crippen molar-refractivity contribution in [1.82, 2.24) is 9.66 Å². The predicted molar refractivity (Wildman–Crippen MR) is 132 cm³/mol. The van der Waals surface area contributed by atoms with Crippen molar-refractivity contribution in [3.8, 4) is 5.75 Å². The maximum Gasteiger partial charge on any atom is 0.344 e. The molecular weight excluding hydrogens is 486 g/mol. The van der Waals surface area contributed by atoms with Crippen molar-refractivity contribution < 1.29 is 14.3 Å². The molecule has 8 heteroatoms. The second-order valence-electron chi connectivity index (χ2n) is 7.20. The SMILES string of the molecule is CCOC(=O)COc1ccc2ccccc2c1C=Nn1c(CC)nc2ccc(Br)cc2c1=O. The standard InChI is InChI=1S/C25H22BrN3O4/c1-3-23-28-21-11-10-17(26)13-19(21)25(31)29(23)27-14-20-18-8-6-5-7-16(18)9-12-22(20)33-15-24(30)32-4-2/h5-14H,3-4,15H2,1-2H3. The number of hydrogen-bond acceptors (Lipinski definition) is 6. The van der Waals surface area contributed by atoms with Gasteiger partial charge in [0.15, 0.2) is 6.61 Å². The molecule has 33 heavy (non-hydrogen) atoms. The van der Waals surface area contributed by atoms with Gasteiger partial charge in [-0.25, -0.2) is 9.78 Å². The van der Waals surface area contributed by atoms with E-state index in [1.807, 2.05) is 43.3 Å². The molecule has 0 N–H and O–H groups in total. The summed E-state index contributed by atoms with van der Waals surface area (Å²) in [5.74, 6) is 0.552. The molecular formula is C25H22BrN3O4. The quantitative estimate of drug-likeness (QED) is 0.267. The Morgan fingerprint density at radius 3 is 2.73 bits per heavy atom. The van der Waals surface area contributed by atoms with E-state index in [0.717, 1.165) is 15.2 Å². The van der Waals surface area contributed by atoms with Gasteiger partial charge in [0.2, 0.25) is 0 Å². The van der Waals surface area contributed by atoms with Crippen molar-refractivity contribution in [2.24, 2.45) is 5.10 Å². The molecule has 0 saturated heterocycles. The number of aromatic nitrogens is 2. The first-order chi connectivity index (χ1) is 16.0. The van der Waals surface area contributed by atoms with Gasteiger partial charge in [0.05, 0.1) is 23.7 Å². The average molecular weight is 508 g/mol. The largest absolute Gasteiger partial charge is 0.481 e. The third-order valence-electron chi connectivity index (χ3n) is 5.08. The van der Waals surface area contributed by atoms with E-state index >= 15 is 0 Å². The predicted octanol–water partition coefficient (Wildman–Crippen LogP) is 4.70. The molecule has 4 rings (SSSR count). The zero-order chi connectivity index (χ0) is 23.4. The average Bonchev–Trinajstić information content (AvgIpc) is 2.82. The van der Waals surface area contributed by atoms with Crippen LogP contribution in [0.5, 0.6) is 5.75 Å². The third kappa shape index (κ3) is 4.80. The van der Waals surface area contributed by atoms with E-state index < -0.39 is 5.97 Å². The van der Waals surface area contributed by atoms with Gasteiger partial charge in [-0.3, -0.25) is 4.79 Å². The van der Waals surface area contributed by atoms with Crippen LogP contribution in [0.1, 0.15) is 25.2 Å². The molecule has 0 amide bonds.